The van der Waals surface area contributed by atoms with Gasteiger partial charge in [0.25, 0.3) is 0 Å². The van der Waals surface area contributed by atoms with Crippen LogP contribution in [-0.2, 0) is 13.0 Å². The molecule has 0 saturated heterocycles. The summed E-state index contributed by atoms with van der Waals surface area (Å²) in [6.07, 6.45) is -0.134. The van der Waals surface area contributed by atoms with Crippen molar-refractivity contribution in [2.45, 2.75) is 19.9 Å². The normalized spacial score (nSPS) is 10.8. The molecule has 3 rings (SSSR count). The molecule has 0 aliphatic heterocycles. The summed E-state index contributed by atoms with van der Waals surface area (Å²) in [7, 11) is 0. The van der Waals surface area contributed by atoms with Gasteiger partial charge in [-0.05, 0) is 43.3 Å². The van der Waals surface area contributed by atoms with Crippen LogP contribution >= 0.6 is 15.9 Å². The lowest BCUT2D eigenvalue weighted by atomic mass is 10.0. The van der Waals surface area contributed by atoms with E-state index >= 15 is 0 Å². The van der Waals surface area contributed by atoms with Gasteiger partial charge >= 0.3 is 5.97 Å². The average molecular weight is 431 g/mol. The number of rotatable bonds is 6. The van der Waals surface area contributed by atoms with Crippen LogP contribution in [0, 0.1) is 5.82 Å². The smallest absolute Gasteiger partial charge is 0.339 e. The number of hydrogen-bond donors (Lipinski definition) is 1. The quantitative estimate of drug-likeness (QED) is 0.580. The first-order valence-electron chi connectivity index (χ1n) is 8.28. The van der Waals surface area contributed by atoms with Crippen LogP contribution in [0.4, 0.5) is 4.39 Å². The largest absolute Gasteiger partial charge is 0.478 e. The van der Waals surface area contributed by atoms with E-state index in [0.717, 1.165) is 4.47 Å². The van der Waals surface area contributed by atoms with Gasteiger partial charge in [0.2, 0.25) is 0 Å². The summed E-state index contributed by atoms with van der Waals surface area (Å²) in [4.78, 5) is 24.5. The molecular weight excluding hydrogens is 415 g/mol. The molecule has 1 heterocycles. The SMILES string of the molecule is CCn1nc(-c2ccc(Br)cc2)c(C(=O)O)c1CC(=O)c1ccc(F)cc1. The predicted molar refractivity (Wildman–Crippen MR) is 102 cm³/mol. The zero-order chi connectivity index (χ0) is 19.6. The van der Waals surface area contributed by atoms with E-state index in [9.17, 15) is 19.1 Å². The number of nitrogens with zero attached hydrogens (tertiary/aromatic N) is 2. The number of halogens is 2. The van der Waals surface area contributed by atoms with Crippen molar-refractivity contribution in [1.29, 1.82) is 0 Å². The van der Waals surface area contributed by atoms with Crippen LogP contribution in [0.5, 0.6) is 0 Å². The van der Waals surface area contributed by atoms with Gasteiger partial charge in [-0.25, -0.2) is 9.18 Å². The highest BCUT2D eigenvalue weighted by Gasteiger charge is 2.26. The molecule has 0 aliphatic rings. The summed E-state index contributed by atoms with van der Waals surface area (Å²) in [6.45, 7) is 2.25. The third kappa shape index (κ3) is 3.98. The van der Waals surface area contributed by atoms with Crippen molar-refractivity contribution in [3.63, 3.8) is 0 Å². The van der Waals surface area contributed by atoms with E-state index in [-0.39, 0.29) is 17.8 Å². The van der Waals surface area contributed by atoms with E-state index in [1.807, 2.05) is 6.92 Å². The van der Waals surface area contributed by atoms with Crippen molar-refractivity contribution in [3.8, 4) is 11.3 Å². The molecule has 27 heavy (non-hydrogen) atoms. The lowest BCUT2D eigenvalue weighted by Gasteiger charge is -2.06. The topological polar surface area (TPSA) is 72.2 Å². The molecule has 3 aromatic rings. The molecule has 5 nitrogen and oxygen atoms in total. The highest BCUT2D eigenvalue weighted by molar-refractivity contribution is 9.10. The molecule has 0 fully saturated rings. The van der Waals surface area contributed by atoms with Crippen LogP contribution in [0.15, 0.2) is 53.0 Å². The molecule has 0 saturated carbocycles. The minimum Gasteiger partial charge on any atom is -0.478 e. The second kappa shape index (κ2) is 7.84. The zero-order valence-electron chi connectivity index (χ0n) is 14.4. The maximum absolute atomic E-state index is 13.1. The van der Waals surface area contributed by atoms with Gasteiger partial charge in [0.05, 0.1) is 12.1 Å². The first-order chi connectivity index (χ1) is 12.9. The molecule has 2 aromatic carbocycles. The minimum absolute atomic E-state index is 0.00892. The number of Topliss-reactive ketones (excluding diaryl/α,β-unsaturated/α-hetero) is 1. The van der Waals surface area contributed by atoms with E-state index in [4.69, 9.17) is 0 Å². The zero-order valence-corrected chi connectivity index (χ0v) is 16.0. The lowest BCUT2D eigenvalue weighted by molar-refractivity contribution is 0.0696. The van der Waals surface area contributed by atoms with Crippen molar-refractivity contribution in [2.24, 2.45) is 0 Å². The third-order valence-corrected chi connectivity index (χ3v) is 4.71. The van der Waals surface area contributed by atoms with Crippen LogP contribution in [0.3, 0.4) is 0 Å². The number of benzene rings is 2. The number of aryl methyl sites for hydroxylation is 1. The Morgan fingerprint density at radius 1 is 1.11 bits per heavy atom. The molecule has 0 aliphatic carbocycles. The minimum atomic E-state index is -1.14. The lowest BCUT2D eigenvalue weighted by Crippen LogP contribution is -2.13. The Bertz CT molecular complexity index is 995. The fraction of sp³-hybridized carbons (Fsp3) is 0.150. The van der Waals surface area contributed by atoms with Crippen LogP contribution in [0.2, 0.25) is 0 Å². The standard InChI is InChI=1S/C20H16BrFN2O3/c1-2-24-16(11-17(25)12-5-9-15(22)10-6-12)18(20(26)27)19(23-24)13-3-7-14(21)8-4-13/h3-10H,2,11H2,1H3,(H,26,27). The summed E-state index contributed by atoms with van der Waals surface area (Å²) in [6, 6.07) is 12.3. The second-order valence-corrected chi connectivity index (χ2v) is 6.82. The summed E-state index contributed by atoms with van der Waals surface area (Å²) in [5, 5.41) is 14.2. The van der Waals surface area contributed by atoms with Gasteiger partial charge in [-0.3, -0.25) is 9.48 Å². The Labute approximate surface area is 163 Å². The van der Waals surface area contributed by atoms with E-state index in [1.165, 1.54) is 28.9 Å². The molecular formula is C20H16BrFN2O3. The molecule has 0 unspecified atom stereocenters. The first kappa shape index (κ1) is 19.0. The molecule has 0 spiro atoms. The van der Waals surface area contributed by atoms with E-state index < -0.39 is 11.8 Å². The van der Waals surface area contributed by atoms with Gasteiger partial charge in [-0.1, -0.05) is 28.1 Å². The second-order valence-electron chi connectivity index (χ2n) is 5.90. The summed E-state index contributed by atoms with van der Waals surface area (Å²) < 4.78 is 15.5. The van der Waals surface area contributed by atoms with E-state index in [0.29, 0.717) is 29.1 Å². The molecule has 0 atom stereocenters. The van der Waals surface area contributed by atoms with Crippen molar-refractivity contribution < 1.29 is 19.1 Å². The van der Waals surface area contributed by atoms with Gasteiger partial charge in [-0.15, -0.1) is 0 Å². The Hall–Kier alpha value is -2.80. The Kier molecular flexibility index (Phi) is 5.51. The van der Waals surface area contributed by atoms with Crippen molar-refractivity contribution >= 4 is 27.7 Å². The highest BCUT2D eigenvalue weighted by Crippen LogP contribution is 2.28. The summed E-state index contributed by atoms with van der Waals surface area (Å²) >= 11 is 3.35. The monoisotopic (exact) mass is 430 g/mol. The van der Waals surface area contributed by atoms with Crippen LogP contribution in [0.25, 0.3) is 11.3 Å². The third-order valence-electron chi connectivity index (χ3n) is 4.18. The average Bonchev–Trinajstić information content (AvgIpc) is 3.01. The Morgan fingerprint density at radius 2 is 1.74 bits per heavy atom. The van der Waals surface area contributed by atoms with Gasteiger partial charge in [0.15, 0.2) is 5.78 Å². The maximum Gasteiger partial charge on any atom is 0.339 e. The van der Waals surface area contributed by atoms with Gasteiger partial charge in [0.1, 0.15) is 17.1 Å². The van der Waals surface area contributed by atoms with Gasteiger partial charge in [0, 0.05) is 22.1 Å². The van der Waals surface area contributed by atoms with Crippen LogP contribution in [0.1, 0.15) is 33.3 Å². The number of ketones is 1. The number of hydrogen-bond acceptors (Lipinski definition) is 3. The molecule has 1 aromatic heterocycles. The Balaban J connectivity index is 2.06. The number of aromatic nitrogens is 2. The molecule has 0 bridgehead atoms. The maximum atomic E-state index is 13.1. The highest BCUT2D eigenvalue weighted by atomic mass is 79.9. The number of aromatic carboxylic acids is 1. The molecule has 0 radical (unpaired) electrons. The van der Waals surface area contributed by atoms with Gasteiger partial charge in [-0.2, -0.15) is 5.10 Å². The van der Waals surface area contributed by atoms with Crippen LogP contribution in [-0.4, -0.2) is 26.6 Å². The number of carbonyl (C=O) groups excluding carboxylic acids is 1. The molecule has 1 N–H and O–H groups in total. The number of carboxylic acid groups (broad SMARTS) is 1. The molecule has 7 heteroatoms. The predicted octanol–water partition coefficient (Wildman–Crippen LogP) is 4.60. The van der Waals surface area contributed by atoms with Gasteiger partial charge < -0.3 is 5.11 Å². The summed E-state index contributed by atoms with van der Waals surface area (Å²) in [5.41, 5.74) is 1.63. The molecule has 0 amide bonds. The fourth-order valence-electron chi connectivity index (χ4n) is 2.86. The van der Waals surface area contributed by atoms with E-state index in [2.05, 4.69) is 21.0 Å². The number of carboxylic acids is 1. The van der Waals surface area contributed by atoms with Crippen molar-refractivity contribution in [3.05, 3.63) is 75.6 Å². The fourth-order valence-corrected chi connectivity index (χ4v) is 3.13. The first-order valence-corrected chi connectivity index (χ1v) is 9.07. The van der Waals surface area contributed by atoms with E-state index in [1.54, 1.807) is 24.3 Å². The van der Waals surface area contributed by atoms with Crippen molar-refractivity contribution in [1.82, 2.24) is 9.78 Å². The summed E-state index contributed by atoms with van der Waals surface area (Å²) in [5.74, 6) is -1.88. The Morgan fingerprint density at radius 3 is 2.30 bits per heavy atom. The number of carbonyl (C=O) groups is 2. The molecule has 138 valence electrons. The van der Waals surface area contributed by atoms with Crippen LogP contribution < -0.4 is 0 Å². The van der Waals surface area contributed by atoms with Crippen molar-refractivity contribution in [2.75, 3.05) is 0 Å².